The van der Waals surface area contributed by atoms with Gasteiger partial charge in [0.15, 0.2) is 0 Å². The highest BCUT2D eigenvalue weighted by molar-refractivity contribution is 5.78. The van der Waals surface area contributed by atoms with Crippen molar-refractivity contribution in [3.8, 4) is 0 Å². The molecule has 0 aromatic heterocycles. The molecule has 0 N–H and O–H groups in total. The molecule has 0 aliphatic heterocycles. The third-order valence-corrected chi connectivity index (χ3v) is 3.49. The number of benzene rings is 1. The molecule has 1 aromatic carbocycles. The van der Waals surface area contributed by atoms with Crippen LogP contribution in [0.1, 0.15) is 30.7 Å². The first-order valence-electron chi connectivity index (χ1n) is 5.94. The van der Waals surface area contributed by atoms with Crippen LogP contribution in [0.15, 0.2) is 30.3 Å². The first-order valence-corrected chi connectivity index (χ1v) is 5.94. The van der Waals surface area contributed by atoms with E-state index in [1.807, 2.05) is 20.2 Å². The van der Waals surface area contributed by atoms with Crippen molar-refractivity contribution in [3.63, 3.8) is 0 Å². The molecule has 1 aliphatic rings. The van der Waals surface area contributed by atoms with Gasteiger partial charge in [-0.05, 0) is 30.7 Å². The lowest BCUT2D eigenvalue weighted by Crippen LogP contribution is -2.28. The van der Waals surface area contributed by atoms with Gasteiger partial charge in [0, 0.05) is 20.0 Å². The van der Waals surface area contributed by atoms with Crippen molar-refractivity contribution in [1.82, 2.24) is 4.90 Å². The molecule has 16 heavy (non-hydrogen) atoms. The molecule has 1 saturated carbocycles. The average Bonchev–Trinajstić information content (AvgIpc) is 2.78. The number of amides is 1. The maximum Gasteiger partial charge on any atom is 0.225 e. The first kappa shape index (κ1) is 11.2. The number of carbonyl (C=O) groups is 1. The van der Waals surface area contributed by atoms with Gasteiger partial charge in [-0.25, -0.2) is 0 Å². The average molecular weight is 217 g/mol. The molecule has 1 aliphatic carbocycles. The summed E-state index contributed by atoms with van der Waals surface area (Å²) in [4.78, 5) is 13.6. The second kappa shape index (κ2) is 4.69. The van der Waals surface area contributed by atoms with E-state index in [0.29, 0.717) is 11.8 Å². The maximum atomic E-state index is 11.8. The summed E-state index contributed by atoms with van der Waals surface area (Å²) in [5, 5.41) is 0. The molecule has 86 valence electrons. The van der Waals surface area contributed by atoms with Gasteiger partial charge in [0.05, 0.1) is 0 Å². The van der Waals surface area contributed by atoms with Crippen molar-refractivity contribution in [2.45, 2.75) is 25.2 Å². The van der Waals surface area contributed by atoms with E-state index in [9.17, 15) is 4.79 Å². The zero-order valence-corrected chi connectivity index (χ0v) is 10.0. The van der Waals surface area contributed by atoms with Crippen LogP contribution in [0.25, 0.3) is 0 Å². The third-order valence-electron chi connectivity index (χ3n) is 3.49. The van der Waals surface area contributed by atoms with Crippen LogP contribution in [-0.2, 0) is 4.79 Å². The highest BCUT2D eigenvalue weighted by Gasteiger charge is 2.31. The fourth-order valence-corrected chi connectivity index (χ4v) is 2.60. The number of nitrogens with zero attached hydrogens (tertiary/aromatic N) is 1. The van der Waals surface area contributed by atoms with Gasteiger partial charge in [0.1, 0.15) is 0 Å². The second-order valence-electron chi connectivity index (χ2n) is 4.85. The summed E-state index contributed by atoms with van der Waals surface area (Å²) in [6, 6.07) is 10.5. The summed E-state index contributed by atoms with van der Waals surface area (Å²) < 4.78 is 0. The largest absolute Gasteiger partial charge is 0.349 e. The van der Waals surface area contributed by atoms with E-state index in [-0.39, 0.29) is 5.92 Å². The van der Waals surface area contributed by atoms with Gasteiger partial charge in [0.25, 0.3) is 0 Å². The van der Waals surface area contributed by atoms with Crippen LogP contribution in [0.2, 0.25) is 0 Å². The minimum Gasteiger partial charge on any atom is -0.349 e. The monoisotopic (exact) mass is 217 g/mol. The maximum absolute atomic E-state index is 11.8. The van der Waals surface area contributed by atoms with E-state index >= 15 is 0 Å². The standard InChI is InChI=1S/C14H19NO/c1-15(2)14(16)13-9-8-12(10-13)11-6-4-3-5-7-11/h3-7,12-13H,8-10H2,1-2H3/t12-,13+/m0/s1. The van der Waals surface area contributed by atoms with Crippen molar-refractivity contribution in [2.75, 3.05) is 14.1 Å². The third kappa shape index (κ3) is 2.26. The van der Waals surface area contributed by atoms with E-state index in [0.717, 1.165) is 19.3 Å². The van der Waals surface area contributed by atoms with Crippen LogP contribution in [0.4, 0.5) is 0 Å². The highest BCUT2D eigenvalue weighted by atomic mass is 16.2. The Morgan fingerprint density at radius 2 is 1.88 bits per heavy atom. The van der Waals surface area contributed by atoms with Crippen molar-refractivity contribution < 1.29 is 4.79 Å². The van der Waals surface area contributed by atoms with Crippen LogP contribution in [0.5, 0.6) is 0 Å². The van der Waals surface area contributed by atoms with E-state index in [2.05, 4.69) is 24.3 Å². The van der Waals surface area contributed by atoms with Crippen molar-refractivity contribution in [1.29, 1.82) is 0 Å². The summed E-state index contributed by atoms with van der Waals surface area (Å²) in [5.74, 6) is 1.11. The lowest BCUT2D eigenvalue weighted by atomic mass is 9.96. The molecular weight excluding hydrogens is 198 g/mol. The minimum atomic E-state index is 0.236. The Labute approximate surface area is 97.3 Å². The Balaban J connectivity index is 2.01. The van der Waals surface area contributed by atoms with Gasteiger partial charge in [0.2, 0.25) is 5.91 Å². The number of hydrogen-bond acceptors (Lipinski definition) is 1. The van der Waals surface area contributed by atoms with Crippen LogP contribution in [0, 0.1) is 5.92 Å². The lowest BCUT2D eigenvalue weighted by molar-refractivity contribution is -0.132. The molecule has 2 nitrogen and oxygen atoms in total. The van der Waals surface area contributed by atoms with Gasteiger partial charge < -0.3 is 4.90 Å². The van der Waals surface area contributed by atoms with Gasteiger partial charge in [-0.1, -0.05) is 30.3 Å². The molecule has 1 fully saturated rings. The first-order chi connectivity index (χ1) is 7.68. The van der Waals surface area contributed by atoms with Gasteiger partial charge >= 0.3 is 0 Å². The molecule has 0 unspecified atom stereocenters. The summed E-state index contributed by atoms with van der Waals surface area (Å²) in [5.41, 5.74) is 1.39. The smallest absolute Gasteiger partial charge is 0.225 e. The van der Waals surface area contributed by atoms with E-state index in [1.165, 1.54) is 5.56 Å². The SMILES string of the molecule is CN(C)C(=O)[C@@H]1CC[C@H](c2ccccc2)C1. The Kier molecular flexibility index (Phi) is 3.28. The van der Waals surface area contributed by atoms with Crippen LogP contribution >= 0.6 is 0 Å². The number of carbonyl (C=O) groups excluding carboxylic acids is 1. The molecular formula is C14H19NO. The molecule has 2 heteroatoms. The zero-order valence-electron chi connectivity index (χ0n) is 10.0. The van der Waals surface area contributed by atoms with Crippen LogP contribution in [0.3, 0.4) is 0 Å². The minimum absolute atomic E-state index is 0.236. The molecule has 0 saturated heterocycles. The Hall–Kier alpha value is -1.31. The van der Waals surface area contributed by atoms with Crippen molar-refractivity contribution >= 4 is 5.91 Å². The summed E-state index contributed by atoms with van der Waals surface area (Å²) >= 11 is 0. The molecule has 1 amide bonds. The molecule has 0 spiro atoms. The molecule has 0 bridgehead atoms. The van der Waals surface area contributed by atoms with Gasteiger partial charge in [-0.15, -0.1) is 0 Å². The van der Waals surface area contributed by atoms with E-state index in [4.69, 9.17) is 0 Å². The predicted octanol–water partition coefficient (Wildman–Crippen LogP) is 2.66. The highest BCUT2D eigenvalue weighted by Crippen LogP contribution is 2.38. The van der Waals surface area contributed by atoms with Gasteiger partial charge in [-0.3, -0.25) is 4.79 Å². The predicted molar refractivity (Wildman–Crippen MR) is 65.2 cm³/mol. The quantitative estimate of drug-likeness (QED) is 0.745. The normalized spacial score (nSPS) is 24.4. The van der Waals surface area contributed by atoms with Gasteiger partial charge in [-0.2, -0.15) is 0 Å². The fraction of sp³-hybridized carbons (Fsp3) is 0.500. The molecule has 2 atom stereocenters. The van der Waals surface area contributed by atoms with E-state index < -0.39 is 0 Å². The zero-order chi connectivity index (χ0) is 11.5. The number of rotatable bonds is 2. The fourth-order valence-electron chi connectivity index (χ4n) is 2.60. The lowest BCUT2D eigenvalue weighted by Gasteiger charge is -2.16. The number of hydrogen-bond donors (Lipinski definition) is 0. The topological polar surface area (TPSA) is 20.3 Å². The van der Waals surface area contributed by atoms with Crippen molar-refractivity contribution in [2.24, 2.45) is 5.92 Å². The van der Waals surface area contributed by atoms with E-state index in [1.54, 1.807) is 4.90 Å². The summed E-state index contributed by atoms with van der Waals surface area (Å²) in [6.07, 6.45) is 3.20. The summed E-state index contributed by atoms with van der Waals surface area (Å²) in [7, 11) is 3.69. The Morgan fingerprint density at radius 1 is 1.19 bits per heavy atom. The Bertz CT molecular complexity index is 358. The molecule has 0 heterocycles. The molecule has 2 rings (SSSR count). The molecule has 1 aromatic rings. The Morgan fingerprint density at radius 3 is 2.50 bits per heavy atom. The second-order valence-corrected chi connectivity index (χ2v) is 4.85. The van der Waals surface area contributed by atoms with Crippen LogP contribution in [-0.4, -0.2) is 24.9 Å². The molecule has 0 radical (unpaired) electrons. The van der Waals surface area contributed by atoms with Crippen molar-refractivity contribution in [3.05, 3.63) is 35.9 Å². The van der Waals surface area contributed by atoms with Crippen LogP contribution < -0.4 is 0 Å². The summed E-state index contributed by atoms with van der Waals surface area (Å²) in [6.45, 7) is 0.